The van der Waals surface area contributed by atoms with Crippen molar-refractivity contribution in [1.29, 1.82) is 0 Å². The maximum absolute atomic E-state index is 12.3. The second-order valence-corrected chi connectivity index (χ2v) is 5.16. The lowest BCUT2D eigenvalue weighted by Crippen LogP contribution is -2.41. The second-order valence-electron chi connectivity index (χ2n) is 5.16. The zero-order valence-corrected chi connectivity index (χ0v) is 11.9. The average molecular weight is 262 g/mol. The van der Waals surface area contributed by atoms with E-state index < -0.39 is 0 Å². The molecular weight excluding hydrogens is 240 g/mol. The van der Waals surface area contributed by atoms with Crippen molar-refractivity contribution in [3.05, 3.63) is 29.3 Å². The van der Waals surface area contributed by atoms with Gasteiger partial charge in [-0.1, -0.05) is 17.7 Å². The van der Waals surface area contributed by atoms with Crippen molar-refractivity contribution >= 4 is 5.91 Å². The van der Waals surface area contributed by atoms with Gasteiger partial charge in [0.25, 0.3) is 0 Å². The number of likely N-dealkylation sites (N-methyl/N-ethyl adjacent to an activating group) is 1. The van der Waals surface area contributed by atoms with Crippen LogP contribution in [0.25, 0.3) is 0 Å². The summed E-state index contributed by atoms with van der Waals surface area (Å²) >= 11 is 0. The van der Waals surface area contributed by atoms with Gasteiger partial charge in [0.2, 0.25) is 5.91 Å². The minimum Gasteiger partial charge on any atom is -0.496 e. The Hall–Kier alpha value is -1.55. The van der Waals surface area contributed by atoms with Gasteiger partial charge in [0.15, 0.2) is 0 Å². The molecule has 0 aliphatic carbocycles. The van der Waals surface area contributed by atoms with Gasteiger partial charge in [-0.05, 0) is 32.4 Å². The normalized spacial score (nSPS) is 18.4. The van der Waals surface area contributed by atoms with Crippen molar-refractivity contribution in [3.63, 3.8) is 0 Å². The first-order valence-electron chi connectivity index (χ1n) is 6.73. The van der Waals surface area contributed by atoms with Gasteiger partial charge in [0.1, 0.15) is 5.75 Å². The van der Waals surface area contributed by atoms with Gasteiger partial charge in [-0.2, -0.15) is 0 Å². The summed E-state index contributed by atoms with van der Waals surface area (Å²) < 4.78 is 5.35. The smallest absolute Gasteiger partial charge is 0.239 e. The van der Waals surface area contributed by atoms with E-state index in [9.17, 15) is 4.79 Å². The van der Waals surface area contributed by atoms with Crippen LogP contribution in [-0.4, -0.2) is 37.6 Å². The van der Waals surface area contributed by atoms with Crippen LogP contribution in [0.2, 0.25) is 0 Å². The number of carbonyl (C=O) groups is 1. The fourth-order valence-electron chi connectivity index (χ4n) is 2.53. The van der Waals surface area contributed by atoms with Gasteiger partial charge in [-0.15, -0.1) is 0 Å². The van der Waals surface area contributed by atoms with Crippen LogP contribution in [0.4, 0.5) is 0 Å². The lowest BCUT2D eigenvalue weighted by Gasteiger charge is -2.22. The Morgan fingerprint density at radius 1 is 1.53 bits per heavy atom. The molecule has 1 fully saturated rings. The Labute approximate surface area is 114 Å². The number of methoxy groups -OCH3 is 1. The minimum absolute atomic E-state index is 0.0131. The van der Waals surface area contributed by atoms with Gasteiger partial charge in [0.05, 0.1) is 13.2 Å². The number of nitrogens with one attached hydrogen (secondary N) is 1. The summed E-state index contributed by atoms with van der Waals surface area (Å²) in [5, 5.41) is 3.24. The highest BCUT2D eigenvalue weighted by Crippen LogP contribution is 2.21. The number of rotatable bonds is 4. The Morgan fingerprint density at radius 3 is 2.95 bits per heavy atom. The fourth-order valence-corrected chi connectivity index (χ4v) is 2.53. The van der Waals surface area contributed by atoms with E-state index in [0.717, 1.165) is 30.7 Å². The van der Waals surface area contributed by atoms with Crippen molar-refractivity contribution < 1.29 is 9.53 Å². The lowest BCUT2D eigenvalue weighted by atomic mass is 10.1. The van der Waals surface area contributed by atoms with Crippen molar-refractivity contribution in [1.82, 2.24) is 10.2 Å². The highest BCUT2D eigenvalue weighted by atomic mass is 16.5. The molecule has 1 saturated heterocycles. The molecule has 0 saturated carbocycles. The van der Waals surface area contributed by atoms with Crippen LogP contribution in [0, 0.1) is 6.92 Å². The van der Waals surface area contributed by atoms with Crippen molar-refractivity contribution in [2.75, 3.05) is 20.7 Å². The summed E-state index contributed by atoms with van der Waals surface area (Å²) in [7, 11) is 3.51. The van der Waals surface area contributed by atoms with Crippen molar-refractivity contribution in [2.24, 2.45) is 0 Å². The maximum atomic E-state index is 12.3. The zero-order valence-electron chi connectivity index (χ0n) is 11.9. The third kappa shape index (κ3) is 3.26. The molecule has 1 atom stereocenters. The monoisotopic (exact) mass is 262 g/mol. The first kappa shape index (κ1) is 13.9. The van der Waals surface area contributed by atoms with E-state index >= 15 is 0 Å². The molecule has 0 bridgehead atoms. The molecule has 2 rings (SSSR count). The number of aryl methyl sites for hydroxylation is 1. The molecule has 1 heterocycles. The summed E-state index contributed by atoms with van der Waals surface area (Å²) in [6.07, 6.45) is 2.02. The molecule has 19 heavy (non-hydrogen) atoms. The van der Waals surface area contributed by atoms with Crippen molar-refractivity contribution in [2.45, 2.75) is 32.4 Å². The molecule has 1 aromatic rings. The number of benzene rings is 1. The molecule has 1 aliphatic rings. The van der Waals surface area contributed by atoms with Crippen LogP contribution < -0.4 is 10.1 Å². The number of ether oxygens (including phenoxy) is 1. The third-order valence-corrected chi connectivity index (χ3v) is 3.58. The molecule has 0 spiro atoms. The van der Waals surface area contributed by atoms with Crippen molar-refractivity contribution in [3.8, 4) is 5.75 Å². The number of hydrogen-bond donors (Lipinski definition) is 1. The Balaban J connectivity index is 2.07. The Bertz CT molecular complexity index is 453. The number of hydrogen-bond acceptors (Lipinski definition) is 3. The van der Waals surface area contributed by atoms with Crippen LogP contribution in [0.1, 0.15) is 24.0 Å². The summed E-state index contributed by atoms with van der Waals surface area (Å²) in [5.41, 5.74) is 2.23. The van der Waals surface area contributed by atoms with Crippen LogP contribution in [0.3, 0.4) is 0 Å². The van der Waals surface area contributed by atoms with E-state index in [1.54, 1.807) is 12.0 Å². The van der Waals surface area contributed by atoms with Gasteiger partial charge in [-0.25, -0.2) is 0 Å². The molecule has 1 N–H and O–H groups in total. The molecule has 0 aromatic heterocycles. The number of amides is 1. The quantitative estimate of drug-likeness (QED) is 0.898. The van der Waals surface area contributed by atoms with Gasteiger partial charge < -0.3 is 15.0 Å². The van der Waals surface area contributed by atoms with Gasteiger partial charge in [-0.3, -0.25) is 4.79 Å². The molecule has 1 aromatic carbocycles. The first-order chi connectivity index (χ1) is 9.11. The van der Waals surface area contributed by atoms with Gasteiger partial charge in [0, 0.05) is 19.2 Å². The summed E-state index contributed by atoms with van der Waals surface area (Å²) in [6, 6.07) is 6.03. The van der Waals surface area contributed by atoms with Crippen LogP contribution in [0.5, 0.6) is 5.75 Å². The molecule has 0 radical (unpaired) electrons. The predicted octanol–water partition coefficient (Wildman–Crippen LogP) is 1.71. The highest BCUT2D eigenvalue weighted by Gasteiger charge is 2.25. The molecule has 4 heteroatoms. The molecule has 4 nitrogen and oxygen atoms in total. The third-order valence-electron chi connectivity index (χ3n) is 3.58. The SMILES string of the molecule is COc1ccc(C)cc1CN(C)C(=O)C1CCCN1. The van der Waals surface area contributed by atoms with E-state index in [-0.39, 0.29) is 11.9 Å². The van der Waals surface area contributed by atoms with E-state index in [1.807, 2.05) is 26.1 Å². The fraction of sp³-hybridized carbons (Fsp3) is 0.533. The highest BCUT2D eigenvalue weighted by molar-refractivity contribution is 5.82. The average Bonchev–Trinajstić information content (AvgIpc) is 2.92. The van der Waals surface area contributed by atoms with E-state index in [0.29, 0.717) is 6.54 Å². The maximum Gasteiger partial charge on any atom is 0.239 e. The summed E-state index contributed by atoms with van der Waals surface area (Å²) in [6.45, 7) is 3.57. The van der Waals surface area contributed by atoms with Crippen LogP contribution in [0.15, 0.2) is 18.2 Å². The zero-order chi connectivity index (χ0) is 13.8. The molecule has 1 amide bonds. The number of nitrogens with zero attached hydrogens (tertiary/aromatic N) is 1. The van der Waals surface area contributed by atoms with E-state index in [1.165, 1.54) is 5.56 Å². The molecular formula is C15H22N2O2. The summed E-state index contributed by atoms with van der Waals surface area (Å²) in [4.78, 5) is 14.0. The van der Waals surface area contributed by atoms with E-state index in [2.05, 4.69) is 11.4 Å². The Kier molecular flexibility index (Phi) is 4.43. The summed E-state index contributed by atoms with van der Waals surface area (Å²) in [5.74, 6) is 1.01. The largest absolute Gasteiger partial charge is 0.496 e. The predicted molar refractivity (Wildman–Crippen MR) is 75.2 cm³/mol. The molecule has 1 aliphatic heterocycles. The molecule has 1 unspecified atom stereocenters. The topological polar surface area (TPSA) is 41.6 Å². The van der Waals surface area contributed by atoms with E-state index in [4.69, 9.17) is 4.74 Å². The first-order valence-corrected chi connectivity index (χ1v) is 6.73. The lowest BCUT2D eigenvalue weighted by molar-refractivity contribution is -0.132. The Morgan fingerprint density at radius 2 is 2.32 bits per heavy atom. The minimum atomic E-state index is -0.0131. The van der Waals surface area contributed by atoms with Gasteiger partial charge >= 0.3 is 0 Å². The number of carbonyl (C=O) groups excluding carboxylic acids is 1. The molecule has 104 valence electrons. The second kappa shape index (κ2) is 6.06. The standard InChI is InChI=1S/C15H22N2O2/c1-11-6-7-14(19-3)12(9-11)10-17(2)15(18)13-5-4-8-16-13/h6-7,9,13,16H,4-5,8,10H2,1-3H3. The van der Waals surface area contributed by atoms with Crippen LogP contribution in [-0.2, 0) is 11.3 Å². The van der Waals surface area contributed by atoms with Crippen LogP contribution >= 0.6 is 0 Å².